The van der Waals surface area contributed by atoms with Crippen molar-refractivity contribution >= 4 is 69.1 Å². The molecule has 1 N–H and O–H groups in total. The second-order valence-electron chi connectivity index (χ2n) is 7.27. The molecular formula is C25H25IN2O7S. The van der Waals surface area contributed by atoms with Crippen molar-refractivity contribution in [3.8, 4) is 11.5 Å². The number of aliphatic imine (C=N–C) groups is 1. The molecule has 0 aromatic heterocycles. The summed E-state index contributed by atoms with van der Waals surface area (Å²) >= 11 is 3.30. The zero-order chi connectivity index (χ0) is 26.2. The van der Waals surface area contributed by atoms with Gasteiger partial charge in [0, 0.05) is 6.54 Å². The number of nitrogens with zero attached hydrogens (tertiary/aromatic N) is 2. The first-order valence-corrected chi connectivity index (χ1v) is 13.0. The highest BCUT2D eigenvalue weighted by atomic mass is 127. The molecule has 190 valence electrons. The first kappa shape index (κ1) is 27.5. The Bertz CT molecular complexity index is 1230. The standard InChI is InChI=1S/C25H25IN2O7S/c1-4-28-23(30)20(36-25(28)27-17-9-7-8-16(13-17)24(31)32)12-15-10-18(26)22(19(11-15)33-5-2)35-14-21(29)34-6-3/h7-13H,4-6,14H2,1-3H3,(H,31,32)/b20-12+,27-25?. The fourth-order valence-electron chi connectivity index (χ4n) is 3.25. The fraction of sp³-hybridized carbons (Fsp3) is 0.280. The number of aromatic carboxylic acids is 1. The number of amides is 1. The highest BCUT2D eigenvalue weighted by Gasteiger charge is 2.32. The summed E-state index contributed by atoms with van der Waals surface area (Å²) in [5.41, 5.74) is 1.28. The van der Waals surface area contributed by atoms with Gasteiger partial charge in [0.1, 0.15) is 0 Å². The van der Waals surface area contributed by atoms with Crippen LogP contribution >= 0.6 is 34.4 Å². The second-order valence-corrected chi connectivity index (χ2v) is 9.44. The van der Waals surface area contributed by atoms with E-state index >= 15 is 0 Å². The SMILES string of the molecule is CCOC(=O)COc1c(I)cc(/C=C2/SC(=Nc3cccc(C(=O)O)c3)N(CC)C2=O)cc1OCC. The van der Waals surface area contributed by atoms with Gasteiger partial charge in [-0.3, -0.25) is 9.69 Å². The molecule has 0 spiro atoms. The van der Waals surface area contributed by atoms with Crippen LogP contribution in [-0.2, 0) is 14.3 Å². The molecule has 0 bridgehead atoms. The monoisotopic (exact) mass is 624 g/mol. The summed E-state index contributed by atoms with van der Waals surface area (Å²) in [7, 11) is 0. The summed E-state index contributed by atoms with van der Waals surface area (Å²) < 4.78 is 17.0. The van der Waals surface area contributed by atoms with Crippen molar-refractivity contribution in [3.05, 3.63) is 56.0 Å². The molecule has 3 rings (SSSR count). The van der Waals surface area contributed by atoms with Gasteiger partial charge in [0.25, 0.3) is 5.91 Å². The van der Waals surface area contributed by atoms with Gasteiger partial charge in [-0.25, -0.2) is 14.6 Å². The zero-order valence-corrected chi connectivity index (χ0v) is 22.9. The van der Waals surface area contributed by atoms with E-state index < -0.39 is 11.9 Å². The van der Waals surface area contributed by atoms with E-state index in [2.05, 4.69) is 27.6 Å². The number of hydrogen-bond acceptors (Lipinski definition) is 8. The maximum atomic E-state index is 13.1. The number of halogens is 1. The van der Waals surface area contributed by atoms with Crippen LogP contribution in [0.5, 0.6) is 11.5 Å². The molecule has 0 aliphatic carbocycles. The lowest BCUT2D eigenvalue weighted by Crippen LogP contribution is -2.28. The van der Waals surface area contributed by atoms with Crippen molar-refractivity contribution in [2.75, 3.05) is 26.4 Å². The van der Waals surface area contributed by atoms with Gasteiger partial charge in [0.05, 0.1) is 32.9 Å². The van der Waals surface area contributed by atoms with Gasteiger partial charge in [-0.15, -0.1) is 0 Å². The Labute approximate surface area is 226 Å². The molecule has 1 amide bonds. The van der Waals surface area contributed by atoms with Crippen LogP contribution < -0.4 is 9.47 Å². The van der Waals surface area contributed by atoms with Gasteiger partial charge in [-0.1, -0.05) is 6.07 Å². The van der Waals surface area contributed by atoms with Crippen molar-refractivity contribution < 1.29 is 33.7 Å². The number of carbonyl (C=O) groups is 3. The molecule has 0 atom stereocenters. The van der Waals surface area contributed by atoms with Crippen LogP contribution in [0.25, 0.3) is 6.08 Å². The van der Waals surface area contributed by atoms with Gasteiger partial charge in [-0.05, 0) is 97.1 Å². The fourth-order valence-corrected chi connectivity index (χ4v) is 5.09. The Morgan fingerprint density at radius 1 is 1.14 bits per heavy atom. The van der Waals surface area contributed by atoms with E-state index in [4.69, 9.17) is 14.2 Å². The number of thioether (sulfide) groups is 1. The van der Waals surface area contributed by atoms with E-state index in [-0.39, 0.29) is 24.7 Å². The molecule has 2 aromatic carbocycles. The van der Waals surface area contributed by atoms with Gasteiger partial charge in [-0.2, -0.15) is 0 Å². The normalized spacial score (nSPS) is 15.4. The van der Waals surface area contributed by atoms with Gasteiger partial charge in [0.15, 0.2) is 23.3 Å². The number of benzene rings is 2. The molecule has 9 nitrogen and oxygen atoms in total. The Hall–Kier alpha value is -3.06. The average Bonchev–Trinajstić information content (AvgIpc) is 3.12. The third kappa shape index (κ3) is 6.78. The summed E-state index contributed by atoms with van der Waals surface area (Å²) in [6.07, 6.45) is 1.74. The summed E-state index contributed by atoms with van der Waals surface area (Å²) in [6.45, 7) is 6.22. The third-order valence-electron chi connectivity index (χ3n) is 4.79. The smallest absolute Gasteiger partial charge is 0.344 e. The quantitative estimate of drug-likeness (QED) is 0.224. The molecule has 1 heterocycles. The van der Waals surface area contributed by atoms with Gasteiger partial charge in [0.2, 0.25) is 0 Å². The Balaban J connectivity index is 1.91. The lowest BCUT2D eigenvalue weighted by Gasteiger charge is -2.14. The van der Waals surface area contributed by atoms with Crippen LogP contribution in [0.2, 0.25) is 0 Å². The van der Waals surface area contributed by atoms with E-state index in [1.54, 1.807) is 31.2 Å². The first-order valence-electron chi connectivity index (χ1n) is 11.2. The van der Waals surface area contributed by atoms with Gasteiger partial charge >= 0.3 is 11.9 Å². The molecule has 1 aliphatic rings. The number of likely N-dealkylation sites (N-methyl/N-ethyl adjacent to an activating group) is 1. The van der Waals surface area contributed by atoms with Crippen molar-refractivity contribution in [1.82, 2.24) is 4.90 Å². The van der Waals surface area contributed by atoms with E-state index in [0.717, 1.165) is 0 Å². The summed E-state index contributed by atoms with van der Waals surface area (Å²) in [5.74, 6) is -0.854. The van der Waals surface area contributed by atoms with E-state index in [9.17, 15) is 19.5 Å². The number of carbonyl (C=O) groups excluding carboxylic acids is 2. The third-order valence-corrected chi connectivity index (χ3v) is 6.60. The molecule has 0 radical (unpaired) electrons. The van der Waals surface area contributed by atoms with Gasteiger partial charge < -0.3 is 19.3 Å². The van der Waals surface area contributed by atoms with Crippen molar-refractivity contribution in [2.24, 2.45) is 4.99 Å². The predicted octanol–water partition coefficient (Wildman–Crippen LogP) is 4.95. The van der Waals surface area contributed by atoms with Crippen molar-refractivity contribution in [3.63, 3.8) is 0 Å². The van der Waals surface area contributed by atoms with Crippen LogP contribution in [0.15, 0.2) is 46.3 Å². The summed E-state index contributed by atoms with van der Waals surface area (Å²) in [6, 6.07) is 9.81. The summed E-state index contributed by atoms with van der Waals surface area (Å²) in [5, 5.41) is 9.70. The molecule has 36 heavy (non-hydrogen) atoms. The first-order chi connectivity index (χ1) is 17.3. The molecule has 0 unspecified atom stereocenters. The molecule has 2 aromatic rings. The minimum absolute atomic E-state index is 0.119. The maximum Gasteiger partial charge on any atom is 0.344 e. The highest BCUT2D eigenvalue weighted by molar-refractivity contribution is 14.1. The molecule has 1 saturated heterocycles. The number of ether oxygens (including phenoxy) is 3. The molecule has 11 heteroatoms. The second kappa shape index (κ2) is 12.8. The highest BCUT2D eigenvalue weighted by Crippen LogP contribution is 2.38. The molecular weight excluding hydrogens is 599 g/mol. The minimum atomic E-state index is -1.05. The summed E-state index contributed by atoms with van der Waals surface area (Å²) in [4.78, 5) is 42.6. The number of amidine groups is 1. The number of hydrogen-bond donors (Lipinski definition) is 1. The number of carboxylic acid groups (broad SMARTS) is 1. The van der Waals surface area contributed by atoms with E-state index in [1.807, 2.05) is 19.9 Å². The largest absolute Gasteiger partial charge is 0.490 e. The number of rotatable bonds is 10. The Morgan fingerprint density at radius 3 is 2.58 bits per heavy atom. The van der Waals surface area contributed by atoms with Crippen molar-refractivity contribution in [1.29, 1.82) is 0 Å². The van der Waals surface area contributed by atoms with Crippen molar-refractivity contribution in [2.45, 2.75) is 20.8 Å². The maximum absolute atomic E-state index is 13.1. The minimum Gasteiger partial charge on any atom is -0.490 e. The Kier molecular flexibility index (Phi) is 9.76. The van der Waals surface area contributed by atoms with E-state index in [1.165, 1.54) is 28.8 Å². The van der Waals surface area contributed by atoms with Crippen LogP contribution in [0.4, 0.5) is 5.69 Å². The topological polar surface area (TPSA) is 115 Å². The Morgan fingerprint density at radius 2 is 1.92 bits per heavy atom. The molecule has 1 fully saturated rings. The molecule has 0 saturated carbocycles. The zero-order valence-electron chi connectivity index (χ0n) is 19.9. The lowest BCUT2D eigenvalue weighted by atomic mass is 10.2. The predicted molar refractivity (Wildman–Crippen MR) is 146 cm³/mol. The van der Waals surface area contributed by atoms with Crippen LogP contribution in [0.1, 0.15) is 36.7 Å². The number of carboxylic acids is 1. The van der Waals surface area contributed by atoms with Crippen LogP contribution in [-0.4, -0.2) is 59.4 Å². The molecule has 1 aliphatic heterocycles. The average molecular weight is 624 g/mol. The van der Waals surface area contributed by atoms with E-state index in [0.29, 0.717) is 49.5 Å². The van der Waals surface area contributed by atoms with Crippen LogP contribution in [0.3, 0.4) is 0 Å². The lowest BCUT2D eigenvalue weighted by molar-refractivity contribution is -0.145. The van der Waals surface area contributed by atoms with Crippen LogP contribution in [0, 0.1) is 3.57 Å². The number of esters is 1.